The number of benzene rings is 1. The van der Waals surface area contributed by atoms with Crippen molar-refractivity contribution in [1.82, 2.24) is 9.47 Å². The van der Waals surface area contributed by atoms with Gasteiger partial charge in [-0.1, -0.05) is 24.6 Å². The molecule has 0 bridgehead atoms. The van der Waals surface area contributed by atoms with Crippen molar-refractivity contribution < 1.29 is 0 Å². The van der Waals surface area contributed by atoms with Gasteiger partial charge in [-0.3, -0.25) is 14.3 Å². The second kappa shape index (κ2) is 5.90. The topological polar surface area (TPSA) is 51.3 Å². The zero-order valence-corrected chi connectivity index (χ0v) is 12.6. The number of hydrogen-bond acceptors (Lipinski definition) is 3. The van der Waals surface area contributed by atoms with Crippen LogP contribution in [0.5, 0.6) is 0 Å². The van der Waals surface area contributed by atoms with E-state index in [-0.39, 0.29) is 5.56 Å². The van der Waals surface area contributed by atoms with Crippen LogP contribution in [0.15, 0.2) is 35.1 Å². The van der Waals surface area contributed by atoms with E-state index in [2.05, 4.69) is 11.8 Å². The van der Waals surface area contributed by atoms with Crippen molar-refractivity contribution in [2.75, 3.05) is 18.8 Å². The third-order valence-corrected chi connectivity index (χ3v) is 4.51. The molecule has 2 aromatic rings. The van der Waals surface area contributed by atoms with Gasteiger partial charge in [-0.05, 0) is 50.4 Å². The van der Waals surface area contributed by atoms with Crippen molar-refractivity contribution >= 4 is 16.6 Å². The van der Waals surface area contributed by atoms with Crippen LogP contribution in [0.2, 0.25) is 0 Å². The lowest BCUT2D eigenvalue weighted by atomic mass is 10.1. The van der Waals surface area contributed by atoms with Gasteiger partial charge in [0.1, 0.15) is 5.82 Å². The van der Waals surface area contributed by atoms with Gasteiger partial charge in [-0.15, -0.1) is 0 Å². The third-order valence-electron chi connectivity index (χ3n) is 4.51. The van der Waals surface area contributed by atoms with Gasteiger partial charge in [0.05, 0.1) is 0 Å². The number of aromatic nitrogens is 1. The molecular weight excluding hydrogens is 262 g/mol. The maximum absolute atomic E-state index is 12.6. The van der Waals surface area contributed by atoms with Crippen LogP contribution < -0.4 is 11.3 Å². The number of anilines is 1. The Bertz CT molecular complexity index is 686. The minimum atomic E-state index is 0.0226. The number of nitrogens with two attached hydrogens (primary N) is 1. The van der Waals surface area contributed by atoms with E-state index < -0.39 is 0 Å². The van der Waals surface area contributed by atoms with Crippen LogP contribution in [-0.4, -0.2) is 28.6 Å². The van der Waals surface area contributed by atoms with Gasteiger partial charge in [-0.25, -0.2) is 0 Å². The van der Waals surface area contributed by atoms with Crippen LogP contribution in [-0.2, 0) is 6.54 Å². The average Bonchev–Trinajstić information content (AvgIpc) is 2.52. The van der Waals surface area contributed by atoms with Gasteiger partial charge in [0.2, 0.25) is 0 Å². The van der Waals surface area contributed by atoms with Gasteiger partial charge in [-0.2, -0.15) is 0 Å². The molecule has 1 unspecified atom stereocenters. The van der Waals surface area contributed by atoms with Gasteiger partial charge < -0.3 is 5.73 Å². The molecular formula is C17H23N3O. The Morgan fingerprint density at radius 2 is 1.90 bits per heavy atom. The predicted octanol–water partition coefficient (Wildman–Crippen LogP) is 2.46. The van der Waals surface area contributed by atoms with Crippen molar-refractivity contribution in [1.29, 1.82) is 0 Å². The molecule has 1 aromatic heterocycles. The molecule has 1 atom stereocenters. The largest absolute Gasteiger partial charge is 0.385 e. The maximum atomic E-state index is 12.6. The Morgan fingerprint density at radius 3 is 2.67 bits per heavy atom. The SMILES string of the molecule is CC(Cn1c(N)cc2ccccc2c1=O)N1CCCCC1. The number of nitrogens with zero attached hydrogens (tertiary/aromatic N) is 2. The molecule has 2 N–H and O–H groups in total. The molecule has 1 saturated heterocycles. The quantitative estimate of drug-likeness (QED) is 0.942. The number of nitrogen functional groups attached to an aromatic ring is 1. The highest BCUT2D eigenvalue weighted by Gasteiger charge is 2.18. The molecule has 1 aliphatic heterocycles. The Kier molecular flexibility index (Phi) is 3.97. The second-order valence-electron chi connectivity index (χ2n) is 6.02. The lowest BCUT2D eigenvalue weighted by molar-refractivity contribution is 0.159. The molecule has 4 heteroatoms. The van der Waals surface area contributed by atoms with Gasteiger partial charge >= 0.3 is 0 Å². The van der Waals surface area contributed by atoms with E-state index in [1.54, 1.807) is 4.57 Å². The number of fused-ring (bicyclic) bond motifs is 1. The molecule has 0 saturated carbocycles. The van der Waals surface area contributed by atoms with E-state index in [9.17, 15) is 4.79 Å². The van der Waals surface area contributed by atoms with Gasteiger partial charge in [0.15, 0.2) is 0 Å². The predicted molar refractivity (Wildman–Crippen MR) is 87.5 cm³/mol. The minimum Gasteiger partial charge on any atom is -0.385 e. The third kappa shape index (κ3) is 2.81. The standard InChI is InChI=1S/C17H23N3O/c1-13(19-9-5-2-6-10-19)12-20-16(18)11-14-7-3-4-8-15(14)17(20)21/h3-4,7-8,11,13H,2,5-6,9-10,12,18H2,1H3. The van der Waals surface area contributed by atoms with Gasteiger partial charge in [0, 0.05) is 18.0 Å². The van der Waals surface area contributed by atoms with Crippen molar-refractivity contribution in [2.45, 2.75) is 38.8 Å². The van der Waals surface area contributed by atoms with Crippen LogP contribution in [0.25, 0.3) is 10.8 Å². The zero-order chi connectivity index (χ0) is 14.8. The fourth-order valence-electron chi connectivity index (χ4n) is 3.24. The Hall–Kier alpha value is -1.81. The number of likely N-dealkylation sites (tertiary alicyclic amines) is 1. The first-order valence-electron chi connectivity index (χ1n) is 7.79. The molecule has 0 spiro atoms. The normalized spacial score (nSPS) is 18.0. The molecule has 3 rings (SSSR count). The van der Waals surface area contributed by atoms with Crippen molar-refractivity contribution in [2.24, 2.45) is 0 Å². The number of pyridine rings is 1. The summed E-state index contributed by atoms with van der Waals surface area (Å²) >= 11 is 0. The molecule has 1 aromatic carbocycles. The zero-order valence-electron chi connectivity index (χ0n) is 12.6. The summed E-state index contributed by atoms with van der Waals surface area (Å²) in [6.07, 6.45) is 3.83. The van der Waals surface area contributed by atoms with Crippen LogP contribution >= 0.6 is 0 Å². The molecule has 0 amide bonds. The molecule has 1 aliphatic rings. The first kappa shape index (κ1) is 14.1. The molecule has 4 nitrogen and oxygen atoms in total. The molecule has 21 heavy (non-hydrogen) atoms. The van der Waals surface area contributed by atoms with E-state index in [0.29, 0.717) is 18.4 Å². The summed E-state index contributed by atoms with van der Waals surface area (Å²) in [7, 11) is 0. The highest BCUT2D eigenvalue weighted by molar-refractivity contribution is 5.83. The molecule has 1 fully saturated rings. The molecule has 2 heterocycles. The van der Waals surface area contributed by atoms with Crippen molar-refractivity contribution in [3.05, 3.63) is 40.7 Å². The van der Waals surface area contributed by atoms with Crippen LogP contribution in [0, 0.1) is 0 Å². The number of rotatable bonds is 3. The Labute approximate surface area is 125 Å². The molecule has 0 radical (unpaired) electrons. The lowest BCUT2D eigenvalue weighted by Crippen LogP contribution is -2.41. The van der Waals surface area contributed by atoms with E-state index in [0.717, 1.165) is 23.9 Å². The number of piperidine rings is 1. The first-order valence-corrected chi connectivity index (χ1v) is 7.79. The first-order chi connectivity index (χ1) is 10.2. The Morgan fingerprint density at radius 1 is 1.19 bits per heavy atom. The van der Waals surface area contributed by atoms with Crippen LogP contribution in [0.1, 0.15) is 26.2 Å². The van der Waals surface area contributed by atoms with Crippen molar-refractivity contribution in [3.63, 3.8) is 0 Å². The van der Waals surface area contributed by atoms with E-state index in [4.69, 9.17) is 5.73 Å². The van der Waals surface area contributed by atoms with Crippen LogP contribution in [0.4, 0.5) is 5.82 Å². The summed E-state index contributed by atoms with van der Waals surface area (Å²) in [6.45, 7) is 5.11. The highest BCUT2D eigenvalue weighted by atomic mass is 16.1. The highest BCUT2D eigenvalue weighted by Crippen LogP contribution is 2.16. The monoisotopic (exact) mass is 285 g/mol. The van der Waals surface area contributed by atoms with E-state index >= 15 is 0 Å². The smallest absolute Gasteiger partial charge is 0.260 e. The summed E-state index contributed by atoms with van der Waals surface area (Å²) in [5.74, 6) is 0.558. The lowest BCUT2D eigenvalue weighted by Gasteiger charge is -2.32. The molecule has 112 valence electrons. The maximum Gasteiger partial charge on any atom is 0.260 e. The second-order valence-corrected chi connectivity index (χ2v) is 6.02. The fourth-order valence-corrected chi connectivity index (χ4v) is 3.24. The molecule has 0 aliphatic carbocycles. The number of hydrogen-bond donors (Lipinski definition) is 1. The van der Waals surface area contributed by atoms with E-state index in [1.165, 1.54) is 19.3 Å². The average molecular weight is 285 g/mol. The summed E-state index contributed by atoms with van der Waals surface area (Å²) in [6, 6.07) is 9.89. The van der Waals surface area contributed by atoms with E-state index in [1.807, 2.05) is 30.3 Å². The summed E-state index contributed by atoms with van der Waals surface area (Å²) in [5, 5.41) is 1.67. The van der Waals surface area contributed by atoms with Crippen LogP contribution in [0.3, 0.4) is 0 Å². The summed E-state index contributed by atoms with van der Waals surface area (Å²) in [5.41, 5.74) is 6.13. The fraction of sp³-hybridized carbons (Fsp3) is 0.471. The van der Waals surface area contributed by atoms with Crippen molar-refractivity contribution in [3.8, 4) is 0 Å². The summed E-state index contributed by atoms with van der Waals surface area (Å²) < 4.78 is 1.72. The Balaban J connectivity index is 1.91. The van der Waals surface area contributed by atoms with Gasteiger partial charge in [0.25, 0.3) is 5.56 Å². The summed E-state index contributed by atoms with van der Waals surface area (Å²) in [4.78, 5) is 15.1. The minimum absolute atomic E-state index is 0.0226.